The van der Waals surface area contributed by atoms with Gasteiger partial charge in [-0.05, 0) is 105 Å². The number of hydrogen-bond donors (Lipinski definition) is 1. The second kappa shape index (κ2) is 16.0. The van der Waals surface area contributed by atoms with Crippen LogP contribution in [0.2, 0.25) is 0 Å². The Morgan fingerprint density at radius 2 is 0.970 bits per heavy atom. The molecule has 0 spiro atoms. The molecule has 10 aromatic carbocycles. The summed E-state index contributed by atoms with van der Waals surface area (Å²) in [4.78, 5) is 2.43. The van der Waals surface area contributed by atoms with Gasteiger partial charge in [-0.2, -0.15) is 5.10 Å². The van der Waals surface area contributed by atoms with E-state index < -0.39 is 0 Å². The van der Waals surface area contributed by atoms with Crippen molar-refractivity contribution in [3.63, 3.8) is 0 Å². The van der Waals surface area contributed by atoms with E-state index in [1.807, 2.05) is 12.1 Å². The number of benzene rings is 10. The van der Waals surface area contributed by atoms with E-state index in [-0.39, 0.29) is 5.41 Å². The minimum absolute atomic E-state index is 0.136. The molecule has 1 N–H and O–H groups in total. The first-order valence-corrected chi connectivity index (χ1v) is 22.7. The van der Waals surface area contributed by atoms with Crippen LogP contribution in [0.15, 0.2) is 242 Å². The molecule has 314 valence electrons. The van der Waals surface area contributed by atoms with E-state index >= 15 is 0 Å². The average molecular weight is 847 g/mol. The lowest BCUT2D eigenvalue weighted by Crippen LogP contribution is -2.16. The first-order chi connectivity index (χ1) is 32.5. The molecule has 0 saturated heterocycles. The van der Waals surface area contributed by atoms with Gasteiger partial charge in [-0.3, -0.25) is 5.43 Å². The highest BCUT2D eigenvalue weighted by atomic mass is 15.3. The number of rotatable bonds is 9. The lowest BCUT2D eigenvalue weighted by molar-refractivity contribution is 0.660. The monoisotopic (exact) mass is 846 g/mol. The minimum Gasteiger partial charge on any atom is -0.310 e. The van der Waals surface area contributed by atoms with E-state index in [0.717, 1.165) is 67.2 Å². The fraction of sp³-hybridized carbons (Fsp3) is 0.0484. The highest BCUT2D eigenvalue weighted by molar-refractivity contribution is 6.14. The molecule has 0 saturated carbocycles. The number of nitrogens with zero attached hydrogens (tertiary/aromatic N) is 3. The highest BCUT2D eigenvalue weighted by Gasteiger charge is 2.36. The van der Waals surface area contributed by atoms with Crippen LogP contribution >= 0.6 is 0 Å². The normalized spacial score (nSPS) is 12.5. The van der Waals surface area contributed by atoms with Crippen molar-refractivity contribution in [2.45, 2.75) is 19.3 Å². The Morgan fingerprint density at radius 1 is 0.424 bits per heavy atom. The first kappa shape index (κ1) is 39.1. The van der Waals surface area contributed by atoms with Gasteiger partial charge in [-0.15, -0.1) is 0 Å². The summed E-state index contributed by atoms with van der Waals surface area (Å²) in [6, 6.07) is 85.1. The third-order valence-corrected chi connectivity index (χ3v) is 13.5. The molecule has 11 aromatic rings. The Morgan fingerprint density at radius 3 is 1.71 bits per heavy atom. The van der Waals surface area contributed by atoms with E-state index in [1.54, 1.807) is 0 Å². The zero-order valence-corrected chi connectivity index (χ0v) is 36.9. The summed E-state index contributed by atoms with van der Waals surface area (Å²) in [5.41, 5.74) is 21.8. The zero-order valence-electron chi connectivity index (χ0n) is 36.9. The average Bonchev–Trinajstić information content (AvgIpc) is 3.83. The molecule has 1 aliphatic carbocycles. The highest BCUT2D eigenvalue weighted by Crippen LogP contribution is 2.51. The number of para-hydroxylation sites is 2. The Labute approximate surface area is 385 Å². The molecule has 0 aliphatic heterocycles. The topological polar surface area (TPSA) is 32.6 Å². The van der Waals surface area contributed by atoms with Gasteiger partial charge in [0.05, 0.1) is 22.4 Å². The lowest BCUT2D eigenvalue weighted by atomic mass is 9.82. The summed E-state index contributed by atoms with van der Waals surface area (Å²) in [6.07, 6.45) is 0. The van der Waals surface area contributed by atoms with Crippen molar-refractivity contribution in [3.8, 4) is 27.9 Å². The van der Waals surface area contributed by atoms with Crippen molar-refractivity contribution < 1.29 is 0 Å². The van der Waals surface area contributed by atoms with Gasteiger partial charge >= 0.3 is 0 Å². The van der Waals surface area contributed by atoms with Crippen molar-refractivity contribution in [1.82, 2.24) is 4.57 Å². The number of hydrazone groups is 1. The predicted molar refractivity (Wildman–Crippen MR) is 278 cm³/mol. The van der Waals surface area contributed by atoms with E-state index in [4.69, 9.17) is 5.10 Å². The Kier molecular flexibility index (Phi) is 9.46. The van der Waals surface area contributed by atoms with Crippen molar-refractivity contribution in [2.24, 2.45) is 5.10 Å². The molecular weight excluding hydrogens is 801 g/mol. The second-order valence-electron chi connectivity index (χ2n) is 17.7. The van der Waals surface area contributed by atoms with Gasteiger partial charge in [0.25, 0.3) is 0 Å². The SMILES string of the molecule is CC1(C)c2ccccc2-c2ccc(N(c3ccc(-c4ccc(NN=C(c5ccccc5)c5ccccc5)c5ccccc45)cc3)c3ccc4c(c3)c3ccccc3n4-c3ccccc3)cc21. The molecule has 4 heteroatoms. The van der Waals surface area contributed by atoms with Crippen molar-refractivity contribution in [2.75, 3.05) is 10.3 Å². The fourth-order valence-corrected chi connectivity index (χ4v) is 10.3. The third kappa shape index (κ3) is 6.57. The molecule has 0 amide bonds. The first-order valence-electron chi connectivity index (χ1n) is 22.7. The molecule has 0 atom stereocenters. The molecule has 0 radical (unpaired) electrons. The Hall–Kier alpha value is -8.47. The number of fused-ring (bicyclic) bond motifs is 7. The predicted octanol–water partition coefficient (Wildman–Crippen LogP) is 16.2. The van der Waals surface area contributed by atoms with Crippen LogP contribution in [0.3, 0.4) is 0 Å². The van der Waals surface area contributed by atoms with Gasteiger partial charge in [0.1, 0.15) is 0 Å². The van der Waals surface area contributed by atoms with Crippen LogP contribution in [0, 0.1) is 0 Å². The van der Waals surface area contributed by atoms with Crippen LogP contribution in [0.1, 0.15) is 36.1 Å². The van der Waals surface area contributed by atoms with Gasteiger partial charge in [0, 0.05) is 55.5 Å². The van der Waals surface area contributed by atoms with E-state index in [1.165, 1.54) is 44.1 Å². The fourth-order valence-electron chi connectivity index (χ4n) is 10.3. The summed E-state index contributed by atoms with van der Waals surface area (Å²) >= 11 is 0. The van der Waals surface area contributed by atoms with Crippen LogP contribution in [-0.4, -0.2) is 10.3 Å². The molecule has 1 aromatic heterocycles. The molecule has 4 nitrogen and oxygen atoms in total. The maximum Gasteiger partial charge on any atom is 0.0977 e. The number of anilines is 4. The second-order valence-corrected chi connectivity index (χ2v) is 17.7. The van der Waals surface area contributed by atoms with E-state index in [2.05, 4.69) is 253 Å². The Balaban J connectivity index is 0.965. The lowest BCUT2D eigenvalue weighted by Gasteiger charge is -2.28. The summed E-state index contributed by atoms with van der Waals surface area (Å²) in [5, 5.41) is 9.73. The summed E-state index contributed by atoms with van der Waals surface area (Å²) in [6.45, 7) is 4.71. The van der Waals surface area contributed by atoms with Crippen molar-refractivity contribution in [1.29, 1.82) is 0 Å². The molecule has 0 fully saturated rings. The van der Waals surface area contributed by atoms with E-state index in [9.17, 15) is 0 Å². The van der Waals surface area contributed by atoms with Gasteiger partial charge in [-0.25, -0.2) is 0 Å². The molecule has 1 aliphatic rings. The van der Waals surface area contributed by atoms with Crippen molar-refractivity contribution >= 4 is 61.0 Å². The van der Waals surface area contributed by atoms with Gasteiger partial charge < -0.3 is 9.47 Å². The Bertz CT molecular complexity index is 3580. The molecule has 66 heavy (non-hydrogen) atoms. The smallest absolute Gasteiger partial charge is 0.0977 e. The largest absolute Gasteiger partial charge is 0.310 e. The number of hydrogen-bond acceptors (Lipinski definition) is 3. The summed E-state index contributed by atoms with van der Waals surface area (Å²) < 4.78 is 2.38. The maximum absolute atomic E-state index is 5.03. The van der Waals surface area contributed by atoms with Crippen LogP contribution < -0.4 is 10.3 Å². The van der Waals surface area contributed by atoms with Gasteiger partial charge in [0.15, 0.2) is 0 Å². The quantitative estimate of drug-likeness (QED) is 0.116. The van der Waals surface area contributed by atoms with Gasteiger partial charge in [-0.1, -0.05) is 184 Å². The molecular formula is C62H46N4. The molecule has 0 bridgehead atoms. The molecule has 0 unspecified atom stereocenters. The summed E-state index contributed by atoms with van der Waals surface area (Å²) in [7, 11) is 0. The van der Waals surface area contributed by atoms with Gasteiger partial charge in [0.2, 0.25) is 0 Å². The van der Waals surface area contributed by atoms with Crippen LogP contribution in [-0.2, 0) is 5.41 Å². The number of aromatic nitrogens is 1. The maximum atomic E-state index is 5.03. The van der Waals surface area contributed by atoms with Crippen LogP contribution in [0.4, 0.5) is 22.7 Å². The number of nitrogens with one attached hydrogen (secondary N) is 1. The molecule has 12 rings (SSSR count). The van der Waals surface area contributed by atoms with Crippen LogP contribution in [0.5, 0.6) is 0 Å². The van der Waals surface area contributed by atoms with Crippen molar-refractivity contribution in [3.05, 3.63) is 259 Å². The summed E-state index contributed by atoms with van der Waals surface area (Å²) in [5.74, 6) is 0. The zero-order chi connectivity index (χ0) is 44.2. The van der Waals surface area contributed by atoms with Crippen LogP contribution in [0.25, 0.3) is 60.5 Å². The molecule has 1 heterocycles. The minimum atomic E-state index is -0.136. The third-order valence-electron chi connectivity index (χ3n) is 13.5. The standard InChI is InChI=1S/C62H46N4/c1-62(2)56-28-16-14-25-51(56)52-36-34-48(41-57(52)62)65(47-35-39-60-55(40-47)54-27-15-17-29-59(54)66(60)45-22-10-5-11-23-45)46-32-30-42(31-33-46)49-37-38-58(53-26-13-12-24-50(49)53)63-64-61(43-18-6-3-7-19-43)44-20-8-4-9-21-44/h3-41,63H,1-2H3. The van der Waals surface area contributed by atoms with E-state index in [0.29, 0.717) is 0 Å².